The summed E-state index contributed by atoms with van der Waals surface area (Å²) in [4.78, 5) is 7.99. The molecule has 0 aliphatic heterocycles. The van der Waals surface area contributed by atoms with Crippen molar-refractivity contribution in [2.75, 3.05) is 5.73 Å². The summed E-state index contributed by atoms with van der Waals surface area (Å²) in [7, 11) is 0. The standard InChI is InChI=1S/C14H17N3/c1-14(2,3)12-6-4-10(5-7-12)11-8-16-13(15)17-9-11/h4-9H,1-3H3,(H2,15,16,17). The summed E-state index contributed by atoms with van der Waals surface area (Å²) in [5.41, 5.74) is 9.05. The van der Waals surface area contributed by atoms with Crippen LogP contribution in [0.4, 0.5) is 5.95 Å². The molecule has 3 nitrogen and oxygen atoms in total. The van der Waals surface area contributed by atoms with Crippen molar-refractivity contribution in [3.63, 3.8) is 0 Å². The van der Waals surface area contributed by atoms with Crippen LogP contribution in [0.1, 0.15) is 26.3 Å². The fourth-order valence-electron chi connectivity index (χ4n) is 1.65. The van der Waals surface area contributed by atoms with Gasteiger partial charge in [0.1, 0.15) is 0 Å². The number of hydrogen-bond acceptors (Lipinski definition) is 3. The quantitative estimate of drug-likeness (QED) is 0.814. The second-order valence-corrected chi connectivity index (χ2v) is 5.16. The average Bonchev–Trinajstić information content (AvgIpc) is 2.29. The Hall–Kier alpha value is -1.90. The summed E-state index contributed by atoms with van der Waals surface area (Å²) >= 11 is 0. The van der Waals surface area contributed by atoms with Crippen molar-refractivity contribution >= 4 is 5.95 Å². The molecule has 0 saturated heterocycles. The van der Waals surface area contributed by atoms with Gasteiger partial charge < -0.3 is 5.73 Å². The maximum atomic E-state index is 5.46. The molecule has 2 N–H and O–H groups in total. The van der Waals surface area contributed by atoms with E-state index in [0.717, 1.165) is 11.1 Å². The van der Waals surface area contributed by atoms with Gasteiger partial charge in [0.05, 0.1) is 0 Å². The van der Waals surface area contributed by atoms with E-state index < -0.39 is 0 Å². The summed E-state index contributed by atoms with van der Waals surface area (Å²) in [5, 5.41) is 0. The van der Waals surface area contributed by atoms with Gasteiger partial charge in [0, 0.05) is 18.0 Å². The Bertz CT molecular complexity index is 492. The highest BCUT2D eigenvalue weighted by Crippen LogP contribution is 2.25. The molecule has 88 valence electrons. The van der Waals surface area contributed by atoms with E-state index in [1.54, 1.807) is 12.4 Å². The van der Waals surface area contributed by atoms with Crippen LogP contribution in [0, 0.1) is 0 Å². The Morgan fingerprint density at radius 1 is 0.882 bits per heavy atom. The molecular weight excluding hydrogens is 210 g/mol. The second-order valence-electron chi connectivity index (χ2n) is 5.16. The van der Waals surface area contributed by atoms with Crippen molar-refractivity contribution in [3.05, 3.63) is 42.2 Å². The number of nitrogen functional groups attached to an aromatic ring is 1. The zero-order valence-electron chi connectivity index (χ0n) is 10.4. The Balaban J connectivity index is 2.33. The van der Waals surface area contributed by atoms with Crippen LogP contribution in [-0.4, -0.2) is 9.97 Å². The number of nitrogens with two attached hydrogens (primary N) is 1. The van der Waals surface area contributed by atoms with E-state index in [4.69, 9.17) is 5.73 Å². The van der Waals surface area contributed by atoms with Crippen molar-refractivity contribution in [2.45, 2.75) is 26.2 Å². The van der Waals surface area contributed by atoms with Gasteiger partial charge in [0.25, 0.3) is 0 Å². The highest BCUT2D eigenvalue weighted by atomic mass is 15.0. The van der Waals surface area contributed by atoms with Gasteiger partial charge in [-0.2, -0.15) is 0 Å². The van der Waals surface area contributed by atoms with Crippen molar-refractivity contribution < 1.29 is 0 Å². The third kappa shape index (κ3) is 2.61. The molecule has 0 unspecified atom stereocenters. The van der Waals surface area contributed by atoms with Crippen LogP contribution in [0.15, 0.2) is 36.7 Å². The number of aromatic nitrogens is 2. The van der Waals surface area contributed by atoms with Crippen LogP contribution >= 0.6 is 0 Å². The first-order valence-electron chi connectivity index (χ1n) is 5.65. The largest absolute Gasteiger partial charge is 0.368 e. The van der Waals surface area contributed by atoms with Crippen molar-refractivity contribution in [1.82, 2.24) is 9.97 Å². The van der Waals surface area contributed by atoms with Crippen molar-refractivity contribution in [1.29, 1.82) is 0 Å². The molecule has 0 aliphatic carbocycles. The highest BCUT2D eigenvalue weighted by Gasteiger charge is 2.13. The van der Waals surface area contributed by atoms with Gasteiger partial charge >= 0.3 is 0 Å². The van der Waals surface area contributed by atoms with E-state index in [-0.39, 0.29) is 5.41 Å². The lowest BCUT2D eigenvalue weighted by atomic mass is 9.86. The van der Waals surface area contributed by atoms with Gasteiger partial charge in [0.15, 0.2) is 0 Å². The highest BCUT2D eigenvalue weighted by molar-refractivity contribution is 5.62. The smallest absolute Gasteiger partial charge is 0.219 e. The monoisotopic (exact) mass is 227 g/mol. The van der Waals surface area contributed by atoms with E-state index in [0.29, 0.717) is 5.95 Å². The van der Waals surface area contributed by atoms with E-state index in [9.17, 15) is 0 Å². The Morgan fingerprint density at radius 2 is 1.41 bits per heavy atom. The molecule has 0 aliphatic rings. The van der Waals surface area contributed by atoms with Crippen molar-refractivity contribution in [2.24, 2.45) is 0 Å². The van der Waals surface area contributed by atoms with Crippen LogP contribution in [0.5, 0.6) is 0 Å². The molecule has 0 amide bonds. The first-order valence-corrected chi connectivity index (χ1v) is 5.65. The van der Waals surface area contributed by atoms with Crippen LogP contribution in [0.3, 0.4) is 0 Å². The predicted octanol–water partition coefficient (Wildman–Crippen LogP) is 3.02. The van der Waals surface area contributed by atoms with E-state index >= 15 is 0 Å². The van der Waals surface area contributed by atoms with Gasteiger partial charge in [-0.3, -0.25) is 0 Å². The molecule has 0 spiro atoms. The third-order valence-corrected chi connectivity index (χ3v) is 2.76. The Labute approximate surface area is 102 Å². The molecule has 2 rings (SSSR count). The first kappa shape index (κ1) is 11.6. The number of benzene rings is 1. The molecule has 1 aromatic heterocycles. The van der Waals surface area contributed by atoms with Crippen LogP contribution < -0.4 is 5.73 Å². The predicted molar refractivity (Wildman–Crippen MR) is 70.6 cm³/mol. The Morgan fingerprint density at radius 3 is 1.88 bits per heavy atom. The zero-order chi connectivity index (χ0) is 12.5. The lowest BCUT2D eigenvalue weighted by molar-refractivity contribution is 0.590. The molecule has 0 atom stereocenters. The molecule has 0 saturated carbocycles. The van der Waals surface area contributed by atoms with E-state index in [1.807, 2.05) is 0 Å². The van der Waals surface area contributed by atoms with Gasteiger partial charge in [0.2, 0.25) is 5.95 Å². The number of hydrogen-bond donors (Lipinski definition) is 1. The summed E-state index contributed by atoms with van der Waals surface area (Å²) < 4.78 is 0. The third-order valence-electron chi connectivity index (χ3n) is 2.76. The molecular formula is C14H17N3. The molecule has 0 bridgehead atoms. The van der Waals surface area contributed by atoms with Gasteiger partial charge in [-0.25, -0.2) is 9.97 Å². The van der Waals surface area contributed by atoms with E-state index in [1.165, 1.54) is 5.56 Å². The maximum absolute atomic E-state index is 5.46. The fraction of sp³-hybridized carbons (Fsp3) is 0.286. The Kier molecular flexibility index (Phi) is 2.84. The molecule has 0 fully saturated rings. The van der Waals surface area contributed by atoms with E-state index in [2.05, 4.69) is 55.0 Å². The maximum Gasteiger partial charge on any atom is 0.219 e. The van der Waals surface area contributed by atoms with Gasteiger partial charge in [-0.15, -0.1) is 0 Å². The molecule has 0 radical (unpaired) electrons. The number of rotatable bonds is 1. The van der Waals surface area contributed by atoms with Crippen LogP contribution in [0.25, 0.3) is 11.1 Å². The summed E-state index contributed by atoms with van der Waals surface area (Å²) in [6, 6.07) is 8.47. The number of nitrogens with zero attached hydrogens (tertiary/aromatic N) is 2. The number of anilines is 1. The summed E-state index contributed by atoms with van der Waals surface area (Å²) in [6.45, 7) is 6.61. The van der Waals surface area contributed by atoms with Crippen molar-refractivity contribution in [3.8, 4) is 11.1 Å². The van der Waals surface area contributed by atoms with Gasteiger partial charge in [-0.1, -0.05) is 45.0 Å². The minimum Gasteiger partial charge on any atom is -0.368 e. The molecule has 3 heteroatoms. The average molecular weight is 227 g/mol. The normalized spacial score (nSPS) is 11.5. The molecule has 1 heterocycles. The summed E-state index contributed by atoms with van der Waals surface area (Å²) in [6.07, 6.45) is 3.49. The summed E-state index contributed by atoms with van der Waals surface area (Å²) in [5.74, 6) is 0.306. The topological polar surface area (TPSA) is 51.8 Å². The zero-order valence-corrected chi connectivity index (χ0v) is 10.4. The minimum atomic E-state index is 0.177. The molecule has 1 aromatic carbocycles. The van der Waals surface area contributed by atoms with Gasteiger partial charge in [-0.05, 0) is 16.5 Å². The molecule has 17 heavy (non-hydrogen) atoms. The second kappa shape index (κ2) is 4.17. The fourth-order valence-corrected chi connectivity index (χ4v) is 1.65. The first-order chi connectivity index (χ1) is 7.97. The molecule has 2 aromatic rings. The minimum absolute atomic E-state index is 0.177. The lowest BCUT2D eigenvalue weighted by Crippen LogP contribution is -2.10. The SMILES string of the molecule is CC(C)(C)c1ccc(-c2cnc(N)nc2)cc1. The van der Waals surface area contributed by atoms with Crippen LogP contribution in [0.2, 0.25) is 0 Å². The lowest BCUT2D eigenvalue weighted by Gasteiger charge is -2.19. The van der Waals surface area contributed by atoms with Crippen LogP contribution in [-0.2, 0) is 5.41 Å².